The molecule has 0 aliphatic carbocycles. The highest BCUT2D eigenvalue weighted by Gasteiger charge is 1.94. The molecule has 0 amide bonds. The molecule has 0 saturated heterocycles. The highest BCUT2D eigenvalue weighted by molar-refractivity contribution is 5.65. The van der Waals surface area contributed by atoms with Crippen LogP contribution in [0.5, 0.6) is 0 Å². The van der Waals surface area contributed by atoms with Crippen molar-refractivity contribution in [3.8, 4) is 11.1 Å². The summed E-state index contributed by atoms with van der Waals surface area (Å²) in [7, 11) is 0. The molecule has 2 aromatic rings. The van der Waals surface area contributed by atoms with Crippen molar-refractivity contribution in [3.63, 3.8) is 0 Å². The predicted octanol–water partition coefficient (Wildman–Crippen LogP) is 4.55. The van der Waals surface area contributed by atoms with Gasteiger partial charge in [-0.25, -0.2) is 0 Å². The van der Waals surface area contributed by atoms with Crippen LogP contribution in [0.15, 0.2) is 73.3 Å². The first kappa shape index (κ1) is 10.4. The van der Waals surface area contributed by atoms with E-state index in [-0.39, 0.29) is 0 Å². The van der Waals surface area contributed by atoms with Gasteiger partial charge in [0.15, 0.2) is 0 Å². The maximum absolute atomic E-state index is 3.65. The molecule has 0 N–H and O–H groups in total. The van der Waals surface area contributed by atoms with Crippen molar-refractivity contribution in [2.45, 2.75) is 0 Å². The van der Waals surface area contributed by atoms with Crippen LogP contribution < -0.4 is 0 Å². The molecule has 0 radical (unpaired) electrons. The smallest absolute Gasteiger partial charge is 0.0184 e. The molecular formula is C16H14. The summed E-state index contributed by atoms with van der Waals surface area (Å²) < 4.78 is 0. The van der Waals surface area contributed by atoms with Gasteiger partial charge < -0.3 is 0 Å². The third kappa shape index (κ3) is 2.48. The fourth-order valence-corrected chi connectivity index (χ4v) is 1.60. The molecule has 0 bridgehead atoms. The first-order chi connectivity index (χ1) is 7.90. The standard InChI is InChI=1S/C16H14/c1-2-3-7-14-10-12-16(13-11-14)15-8-5-4-6-9-15/h2-13H,1H2/b7-3+. The Labute approximate surface area is 96.6 Å². The lowest BCUT2D eigenvalue weighted by molar-refractivity contribution is 1.60. The Balaban J connectivity index is 2.26. The number of hydrogen-bond acceptors (Lipinski definition) is 0. The molecule has 0 spiro atoms. The second kappa shape index (κ2) is 5.13. The average Bonchev–Trinajstić information content (AvgIpc) is 2.38. The van der Waals surface area contributed by atoms with Crippen LogP contribution in [0.2, 0.25) is 0 Å². The normalized spacial score (nSPS) is 10.5. The zero-order valence-corrected chi connectivity index (χ0v) is 9.14. The van der Waals surface area contributed by atoms with E-state index in [4.69, 9.17) is 0 Å². The van der Waals surface area contributed by atoms with Crippen molar-refractivity contribution >= 4 is 6.08 Å². The molecular weight excluding hydrogens is 192 g/mol. The quantitative estimate of drug-likeness (QED) is 0.646. The van der Waals surface area contributed by atoms with Crippen molar-refractivity contribution < 1.29 is 0 Å². The van der Waals surface area contributed by atoms with E-state index < -0.39 is 0 Å². The van der Waals surface area contributed by atoms with Gasteiger partial charge in [-0.05, 0) is 16.7 Å². The van der Waals surface area contributed by atoms with E-state index in [9.17, 15) is 0 Å². The summed E-state index contributed by atoms with van der Waals surface area (Å²) in [5.41, 5.74) is 3.69. The van der Waals surface area contributed by atoms with Crippen molar-refractivity contribution in [3.05, 3.63) is 78.9 Å². The highest BCUT2D eigenvalue weighted by Crippen LogP contribution is 2.19. The Morgan fingerprint density at radius 3 is 2.00 bits per heavy atom. The molecule has 0 heteroatoms. The summed E-state index contributed by atoms with van der Waals surface area (Å²) in [5, 5.41) is 0. The van der Waals surface area contributed by atoms with Crippen LogP contribution in [0.4, 0.5) is 0 Å². The summed E-state index contributed by atoms with van der Waals surface area (Å²) >= 11 is 0. The Kier molecular flexibility index (Phi) is 3.35. The van der Waals surface area contributed by atoms with Gasteiger partial charge in [-0.15, -0.1) is 0 Å². The van der Waals surface area contributed by atoms with Gasteiger partial charge in [-0.2, -0.15) is 0 Å². The topological polar surface area (TPSA) is 0 Å². The first-order valence-electron chi connectivity index (χ1n) is 5.35. The van der Waals surface area contributed by atoms with Crippen LogP contribution in [0.25, 0.3) is 17.2 Å². The maximum Gasteiger partial charge on any atom is -0.0184 e. The first-order valence-corrected chi connectivity index (χ1v) is 5.35. The van der Waals surface area contributed by atoms with Crippen molar-refractivity contribution in [1.82, 2.24) is 0 Å². The summed E-state index contributed by atoms with van der Waals surface area (Å²) in [6.07, 6.45) is 5.77. The van der Waals surface area contributed by atoms with Gasteiger partial charge in [0.2, 0.25) is 0 Å². The molecule has 0 saturated carbocycles. The number of allylic oxidation sites excluding steroid dienone is 2. The van der Waals surface area contributed by atoms with Crippen molar-refractivity contribution in [1.29, 1.82) is 0 Å². The molecule has 0 atom stereocenters. The zero-order valence-electron chi connectivity index (χ0n) is 9.14. The Morgan fingerprint density at radius 1 is 0.750 bits per heavy atom. The molecule has 0 aromatic heterocycles. The van der Waals surface area contributed by atoms with E-state index in [0.29, 0.717) is 0 Å². The zero-order chi connectivity index (χ0) is 11.2. The minimum atomic E-state index is 1.19. The van der Waals surface area contributed by atoms with E-state index in [2.05, 4.69) is 55.1 Å². The van der Waals surface area contributed by atoms with Crippen LogP contribution in [-0.2, 0) is 0 Å². The molecule has 16 heavy (non-hydrogen) atoms. The fourth-order valence-electron chi connectivity index (χ4n) is 1.60. The third-order valence-corrected chi connectivity index (χ3v) is 2.44. The van der Waals surface area contributed by atoms with Gasteiger partial charge in [-0.3, -0.25) is 0 Å². The lowest BCUT2D eigenvalue weighted by Crippen LogP contribution is -1.77. The van der Waals surface area contributed by atoms with Gasteiger partial charge in [0.1, 0.15) is 0 Å². The number of benzene rings is 2. The van der Waals surface area contributed by atoms with Gasteiger partial charge in [0.25, 0.3) is 0 Å². The van der Waals surface area contributed by atoms with E-state index in [0.717, 1.165) is 0 Å². The van der Waals surface area contributed by atoms with Crippen LogP contribution in [0.1, 0.15) is 5.56 Å². The Morgan fingerprint density at radius 2 is 1.38 bits per heavy atom. The molecule has 0 aliphatic rings. The SMILES string of the molecule is C=C/C=C/c1ccc(-c2ccccc2)cc1. The number of hydrogen-bond donors (Lipinski definition) is 0. The summed E-state index contributed by atoms with van der Waals surface area (Å²) in [5.74, 6) is 0. The fraction of sp³-hybridized carbons (Fsp3) is 0. The van der Waals surface area contributed by atoms with Crippen LogP contribution in [0.3, 0.4) is 0 Å². The largest absolute Gasteiger partial charge is 0.0991 e. The van der Waals surface area contributed by atoms with Crippen LogP contribution in [-0.4, -0.2) is 0 Å². The lowest BCUT2D eigenvalue weighted by atomic mass is 10.0. The third-order valence-electron chi connectivity index (χ3n) is 2.44. The lowest BCUT2D eigenvalue weighted by Gasteiger charge is -2.01. The van der Waals surface area contributed by atoms with E-state index in [1.807, 2.05) is 18.2 Å². The summed E-state index contributed by atoms with van der Waals surface area (Å²) in [4.78, 5) is 0. The van der Waals surface area contributed by atoms with Gasteiger partial charge in [0, 0.05) is 0 Å². The van der Waals surface area contributed by atoms with Crippen molar-refractivity contribution in [2.75, 3.05) is 0 Å². The minimum absolute atomic E-state index is 1.19. The minimum Gasteiger partial charge on any atom is -0.0991 e. The molecule has 0 nitrogen and oxygen atoms in total. The molecule has 2 rings (SSSR count). The highest BCUT2D eigenvalue weighted by atomic mass is 14.0. The molecule has 78 valence electrons. The monoisotopic (exact) mass is 206 g/mol. The van der Waals surface area contributed by atoms with Gasteiger partial charge in [-0.1, -0.05) is 79.4 Å². The molecule has 0 heterocycles. The van der Waals surface area contributed by atoms with Gasteiger partial charge in [0.05, 0.1) is 0 Å². The maximum atomic E-state index is 3.65. The summed E-state index contributed by atoms with van der Waals surface area (Å²) in [6.45, 7) is 3.65. The Bertz CT molecular complexity index is 475. The van der Waals surface area contributed by atoms with Gasteiger partial charge >= 0.3 is 0 Å². The summed E-state index contributed by atoms with van der Waals surface area (Å²) in [6, 6.07) is 18.9. The second-order valence-corrected chi connectivity index (χ2v) is 3.58. The van der Waals surface area contributed by atoms with E-state index in [1.165, 1.54) is 16.7 Å². The average molecular weight is 206 g/mol. The molecule has 0 unspecified atom stereocenters. The van der Waals surface area contributed by atoms with Crippen molar-refractivity contribution in [2.24, 2.45) is 0 Å². The van der Waals surface area contributed by atoms with E-state index >= 15 is 0 Å². The van der Waals surface area contributed by atoms with E-state index in [1.54, 1.807) is 6.08 Å². The van der Waals surface area contributed by atoms with Crippen LogP contribution in [0, 0.1) is 0 Å². The second-order valence-electron chi connectivity index (χ2n) is 3.58. The number of rotatable bonds is 3. The molecule has 2 aromatic carbocycles. The predicted molar refractivity (Wildman–Crippen MR) is 71.1 cm³/mol. The van der Waals surface area contributed by atoms with Crippen LogP contribution >= 0.6 is 0 Å². The molecule has 0 aliphatic heterocycles. The molecule has 0 fully saturated rings. The Hall–Kier alpha value is -2.08.